The van der Waals surface area contributed by atoms with Crippen molar-refractivity contribution < 1.29 is 38.2 Å². The number of ketones is 3. The number of hydrogen-bond acceptors (Lipinski definition) is 18. The molecule has 16 aliphatic rings. The lowest BCUT2D eigenvalue weighted by Gasteiger charge is -2.39. The Bertz CT molecular complexity index is 5940. The molecule has 14 fully saturated rings. The highest BCUT2D eigenvalue weighted by Crippen LogP contribution is 2.58. The van der Waals surface area contributed by atoms with Gasteiger partial charge in [-0.3, -0.25) is 38.4 Å². The topological polar surface area (TPSA) is 299 Å². The fourth-order valence-corrected chi connectivity index (χ4v) is 27.0. The standard InChI is InChI=1S/C20H25N3O.C19H24N4O2.C19H24N2O.C18H24N2O2.C17H26N4O.C17H24N2O/c1-12-4-3-7-23-16(12)11-22-19(23)20(2,13-5-6-13)8-17(24)18-14-9-21-10-15(14)18;1-12-3-2-6-23-15(12)11-21-18(23)19(4-7-25-8-5-19)22-17(24)16-13-9-20-10-14(13)16;1-12-5-4-8-21-15(12)6-7-17(21)19(2,3)9-16(22)18-13-10-20-11-14(13)18;1-18(2,20-17(21)16-13-7-19-8-14(13)16)15-10-22-9-11-5-3-4-6-12(11)15;1-17(2,19-16(22)14-11-8-18-9-12(11)14)15-10-6-4-5-7-13(10)21(3)20-15;1-10-5-11(2)19-9-14(10)17(3,4)6-15(20)16-12-7-18-8-13(12)16/h3-4,7,11,13-15,18,21H,5-6,8-10H2,1-2H3;2-3,6,11,13-14,16,20H,4-5,7-10H2,1H3,(H,22,24);4-8,13-14,18,20H,9-11H2,1-3H3;3-6,13-16,19H,7-10H2,1-2H3,(H,20,21);11-12,14,18H,4-9H2,1-3H3,(H,19,22);5,9,12-13,16,18H,6-8H2,1-4H3/t14-,15+,18?,20?;13-,14+,16?;13-,14+,18?;13-,14+,15?,16?;11-,12+,14?;12-,13+,16?. The number of aryl methyl sites for hydroxylation is 6. The van der Waals surface area contributed by atoms with E-state index in [0.717, 1.165) is 133 Å². The molecule has 7 saturated carbocycles. The van der Waals surface area contributed by atoms with Gasteiger partial charge in [-0.25, -0.2) is 9.97 Å². The number of piperidine rings is 6. The molecule has 7 saturated heterocycles. The molecule has 8 aliphatic carbocycles. The molecule has 20 atom stereocenters. The van der Waals surface area contributed by atoms with Gasteiger partial charge < -0.3 is 70.5 Å². The summed E-state index contributed by atoms with van der Waals surface area (Å²) in [6, 6.07) is 27.4. The van der Waals surface area contributed by atoms with Gasteiger partial charge in [0, 0.05) is 158 Å². The van der Waals surface area contributed by atoms with Gasteiger partial charge in [0.2, 0.25) is 17.7 Å². The smallest absolute Gasteiger partial charge is 0.224 e. The summed E-state index contributed by atoms with van der Waals surface area (Å²) in [4.78, 5) is 90.4. The Morgan fingerprint density at radius 3 is 1.50 bits per heavy atom. The highest BCUT2D eigenvalue weighted by Gasteiger charge is 2.63. The van der Waals surface area contributed by atoms with E-state index in [4.69, 9.17) is 24.5 Å². The maximum absolute atomic E-state index is 13.0. The molecule has 3 amide bonds. The normalized spacial score (nSPS) is 30.0. The molecule has 720 valence electrons. The predicted molar refractivity (Wildman–Crippen MR) is 523 cm³/mol. The minimum absolute atomic E-state index is 0.119. The number of imidazole rings is 2. The van der Waals surface area contributed by atoms with Crippen LogP contribution in [0.15, 0.2) is 116 Å². The third-order valence-corrected chi connectivity index (χ3v) is 35.3. The maximum atomic E-state index is 13.0. The summed E-state index contributed by atoms with van der Waals surface area (Å²) < 4.78 is 20.0. The average Bonchev–Trinajstić information content (AvgIpc) is 1.66. The number of benzene rings is 1. The van der Waals surface area contributed by atoms with Crippen LogP contribution in [0.1, 0.15) is 205 Å². The monoisotopic (exact) mass is 1830 g/mol. The van der Waals surface area contributed by atoms with Gasteiger partial charge in [-0.1, -0.05) is 77.1 Å². The number of ether oxygens (including phenoxy) is 2. The van der Waals surface area contributed by atoms with Crippen molar-refractivity contribution in [3.63, 3.8) is 0 Å². The molecular formula is C110H147N17O8. The molecule has 9 N–H and O–H groups in total. The number of fused-ring (bicyclic) bond motifs is 11. The van der Waals surface area contributed by atoms with Crippen LogP contribution in [0.4, 0.5) is 0 Å². The maximum Gasteiger partial charge on any atom is 0.224 e. The van der Waals surface area contributed by atoms with Gasteiger partial charge in [-0.15, -0.1) is 0 Å². The first-order valence-corrected chi connectivity index (χ1v) is 51.2. The summed E-state index contributed by atoms with van der Waals surface area (Å²) in [6.45, 7) is 44.7. The number of rotatable bonds is 22. The summed E-state index contributed by atoms with van der Waals surface area (Å²) >= 11 is 0. The molecule has 0 spiro atoms. The van der Waals surface area contributed by atoms with Gasteiger partial charge in [0.25, 0.3) is 0 Å². The van der Waals surface area contributed by atoms with Crippen molar-refractivity contribution in [2.24, 2.45) is 119 Å². The van der Waals surface area contributed by atoms with E-state index in [1.807, 2.05) is 49.5 Å². The molecule has 9 aromatic rings. The number of pyridine rings is 4. The van der Waals surface area contributed by atoms with Gasteiger partial charge in [-0.05, 0) is 343 Å². The highest BCUT2D eigenvalue weighted by molar-refractivity contribution is 5.88. The van der Waals surface area contributed by atoms with Crippen molar-refractivity contribution in [2.75, 3.05) is 98.4 Å². The SMILES string of the molecule is CC(C)(NC(=O)C1[C@H]2CNC[C@@H]12)C1COCc2ccccc21.Cc1cc(C)c(C(C)(C)CC(=O)C2[C@H]3CNC[C@@H]23)cn1.Cc1cccn2c(C(C)(C)CC(=O)C3[C@H]4CNC[C@@H]34)ccc12.Cc1cccn2c(C(C)(CC(=O)C3[C@H]4CNC[C@@H]34)C3CC3)ncc12.Cc1cccn2c(C3(NC(=O)C4[C@H]5CNC[C@@H]45)CCOCC3)ncc12.Cn1nc(C(C)(C)NC(=O)C2[C@H]3CNC[C@@H]23)c2c1CCCC2. The lowest BCUT2D eigenvalue weighted by molar-refractivity contribution is -0.127. The zero-order valence-electron chi connectivity index (χ0n) is 82.5. The Kier molecular flexibility index (Phi) is 25.3. The minimum atomic E-state index is -0.431. The molecule has 135 heavy (non-hydrogen) atoms. The number of Topliss-reactive ketones (excluding diaryl/α,β-unsaturated/α-hetero) is 3. The molecular weight excluding hydrogens is 1690 g/mol. The van der Waals surface area contributed by atoms with Crippen molar-refractivity contribution in [3.05, 3.63) is 195 Å². The van der Waals surface area contributed by atoms with Crippen LogP contribution in [0.25, 0.3) is 16.6 Å². The zero-order valence-corrected chi connectivity index (χ0v) is 82.5. The van der Waals surface area contributed by atoms with Crippen LogP contribution in [0.2, 0.25) is 0 Å². The van der Waals surface area contributed by atoms with Gasteiger partial charge in [0.15, 0.2) is 0 Å². The molecule has 25 rings (SSSR count). The van der Waals surface area contributed by atoms with E-state index in [1.165, 1.54) is 92.6 Å². The van der Waals surface area contributed by atoms with Crippen LogP contribution in [0, 0.1) is 147 Å². The quantitative estimate of drug-likeness (QED) is 0.0305. The van der Waals surface area contributed by atoms with Crippen molar-refractivity contribution in [2.45, 2.75) is 213 Å². The van der Waals surface area contributed by atoms with Gasteiger partial charge >= 0.3 is 0 Å². The molecule has 8 aromatic heterocycles. The van der Waals surface area contributed by atoms with Crippen molar-refractivity contribution in [3.8, 4) is 0 Å². The second-order valence-electron chi connectivity index (χ2n) is 46.2. The lowest BCUT2D eigenvalue weighted by atomic mass is 9.78. The van der Waals surface area contributed by atoms with E-state index in [2.05, 4.69) is 241 Å². The number of aromatic nitrogens is 8. The first-order valence-electron chi connectivity index (χ1n) is 51.2. The van der Waals surface area contributed by atoms with Crippen molar-refractivity contribution in [1.82, 2.24) is 85.8 Å². The summed E-state index contributed by atoms with van der Waals surface area (Å²) in [5, 5.41) is 34.9. The summed E-state index contributed by atoms with van der Waals surface area (Å²) in [7, 11) is 2.03. The number of carbonyl (C=O) groups excluding carboxylic acids is 6. The summed E-state index contributed by atoms with van der Waals surface area (Å²) in [5.74, 6) is 13.5. The highest BCUT2D eigenvalue weighted by atomic mass is 16.5. The van der Waals surface area contributed by atoms with Crippen molar-refractivity contribution >= 4 is 51.6 Å². The summed E-state index contributed by atoms with van der Waals surface area (Å²) in [6.07, 6.45) is 22.7. The van der Waals surface area contributed by atoms with E-state index < -0.39 is 5.54 Å². The van der Waals surface area contributed by atoms with Gasteiger partial charge in [0.1, 0.15) is 34.5 Å². The second-order valence-corrected chi connectivity index (χ2v) is 46.2. The molecule has 8 aliphatic heterocycles. The number of carbonyl (C=O) groups is 6. The molecule has 8 unspecified atom stereocenters. The van der Waals surface area contributed by atoms with E-state index in [1.54, 1.807) is 0 Å². The molecule has 0 bridgehead atoms. The Balaban J connectivity index is 0.000000101. The first-order chi connectivity index (χ1) is 64.7. The first kappa shape index (κ1) is 93.5. The van der Waals surface area contributed by atoms with Crippen LogP contribution >= 0.6 is 0 Å². The molecule has 16 heterocycles. The van der Waals surface area contributed by atoms with E-state index in [9.17, 15) is 28.8 Å². The minimum Gasteiger partial charge on any atom is -0.381 e. The summed E-state index contributed by atoms with van der Waals surface area (Å²) in [5.41, 5.74) is 16.8. The zero-order chi connectivity index (χ0) is 94.3. The number of hydrogen-bond donors (Lipinski definition) is 9. The fourth-order valence-electron chi connectivity index (χ4n) is 27.0. The number of nitrogens with zero attached hydrogens (tertiary/aromatic N) is 8. The van der Waals surface area contributed by atoms with E-state index >= 15 is 0 Å². The largest absolute Gasteiger partial charge is 0.381 e. The van der Waals surface area contributed by atoms with Crippen LogP contribution < -0.4 is 47.9 Å². The van der Waals surface area contributed by atoms with E-state index in [-0.39, 0.29) is 68.7 Å². The van der Waals surface area contributed by atoms with Crippen LogP contribution in [-0.2, 0) is 92.1 Å². The third kappa shape index (κ3) is 18.2. The number of amides is 3. The van der Waals surface area contributed by atoms with Crippen molar-refractivity contribution in [1.29, 1.82) is 0 Å². The number of nitrogens with one attached hydrogen (secondary N) is 9. The van der Waals surface area contributed by atoms with Crippen LogP contribution in [0.3, 0.4) is 0 Å². The third-order valence-electron chi connectivity index (χ3n) is 35.3. The lowest BCUT2D eigenvalue weighted by Crippen LogP contribution is -2.51. The molecule has 0 radical (unpaired) electrons. The Morgan fingerprint density at radius 2 is 0.948 bits per heavy atom. The fraction of sp³-hybridized carbons (Fsp3) is 0.618. The van der Waals surface area contributed by atoms with Gasteiger partial charge in [-0.2, -0.15) is 5.10 Å². The Morgan fingerprint density at radius 1 is 0.474 bits per heavy atom. The van der Waals surface area contributed by atoms with Gasteiger partial charge in [0.05, 0.1) is 47.9 Å². The predicted octanol–water partition coefficient (Wildman–Crippen LogP) is 12.1. The Labute approximate surface area is 796 Å². The van der Waals surface area contributed by atoms with Crippen LogP contribution in [0.5, 0.6) is 0 Å². The second kappa shape index (κ2) is 36.5. The average molecular weight is 1840 g/mol. The molecule has 25 nitrogen and oxygen atoms in total. The molecule has 25 heteroatoms. The Hall–Kier alpha value is -9.18. The van der Waals surface area contributed by atoms with E-state index in [0.29, 0.717) is 158 Å². The van der Waals surface area contributed by atoms with Crippen LogP contribution in [-0.4, -0.2) is 177 Å². The molecule has 1 aromatic carbocycles.